The normalized spacial score (nSPS) is 12.3. The van der Waals surface area contributed by atoms with Crippen LogP contribution in [0, 0.1) is 6.92 Å². The summed E-state index contributed by atoms with van der Waals surface area (Å²) in [5.74, 6) is -0.528. The van der Waals surface area contributed by atoms with Crippen molar-refractivity contribution in [1.82, 2.24) is 9.97 Å². The van der Waals surface area contributed by atoms with E-state index < -0.39 is 12.0 Å². The van der Waals surface area contributed by atoms with Crippen LogP contribution < -0.4 is 5.32 Å². The van der Waals surface area contributed by atoms with Crippen LogP contribution in [0.2, 0.25) is 0 Å². The van der Waals surface area contributed by atoms with E-state index >= 15 is 0 Å². The molecule has 0 spiro atoms. The van der Waals surface area contributed by atoms with Crippen molar-refractivity contribution in [1.29, 1.82) is 0 Å². The molecule has 2 rings (SSSR count). The topological polar surface area (TPSA) is 84.3 Å². The maximum atomic E-state index is 11.1. The number of ether oxygens (including phenoxy) is 1. The second-order valence-electron chi connectivity index (χ2n) is 4.14. The van der Waals surface area contributed by atoms with E-state index in [0.29, 0.717) is 11.5 Å². The maximum Gasteiger partial charge on any atom is 0.328 e. The standard InChI is InChI=1S/C13H15N3O3/c1-8-12(16-11(7-19-2)13(17)18)15-10-6-4-3-5-9(10)14-8/h3-6,11H,7H2,1-2H3,(H,15,16)(H,17,18). The third-order valence-electron chi connectivity index (χ3n) is 2.69. The van der Waals surface area contributed by atoms with Crippen LogP contribution in [-0.2, 0) is 9.53 Å². The molecule has 0 saturated heterocycles. The molecule has 19 heavy (non-hydrogen) atoms. The van der Waals surface area contributed by atoms with Crippen LogP contribution in [0.25, 0.3) is 11.0 Å². The number of hydrogen-bond acceptors (Lipinski definition) is 5. The zero-order chi connectivity index (χ0) is 13.8. The first-order valence-corrected chi connectivity index (χ1v) is 5.83. The van der Waals surface area contributed by atoms with E-state index in [1.807, 2.05) is 24.3 Å². The van der Waals surface area contributed by atoms with Gasteiger partial charge in [0.2, 0.25) is 0 Å². The van der Waals surface area contributed by atoms with Gasteiger partial charge in [0.15, 0.2) is 0 Å². The number of rotatable bonds is 5. The van der Waals surface area contributed by atoms with Gasteiger partial charge >= 0.3 is 5.97 Å². The van der Waals surface area contributed by atoms with Gasteiger partial charge in [-0.2, -0.15) is 0 Å². The summed E-state index contributed by atoms with van der Waals surface area (Å²) in [6.07, 6.45) is 0. The lowest BCUT2D eigenvalue weighted by atomic mass is 10.2. The number of methoxy groups -OCH3 is 1. The molecule has 0 amide bonds. The zero-order valence-corrected chi connectivity index (χ0v) is 10.8. The number of anilines is 1. The minimum Gasteiger partial charge on any atom is -0.480 e. The van der Waals surface area contributed by atoms with Gasteiger partial charge in [-0.1, -0.05) is 12.1 Å². The molecule has 0 bridgehead atoms. The Hall–Kier alpha value is -2.21. The molecule has 0 aliphatic carbocycles. The number of carbonyl (C=O) groups is 1. The minimum absolute atomic E-state index is 0.0588. The van der Waals surface area contributed by atoms with Crippen LogP contribution in [0.4, 0.5) is 5.82 Å². The van der Waals surface area contributed by atoms with Crippen LogP contribution in [0.3, 0.4) is 0 Å². The SMILES string of the molecule is COCC(Nc1nc2ccccc2nc1C)C(=O)O. The van der Waals surface area contributed by atoms with E-state index in [1.54, 1.807) is 6.92 Å². The molecule has 2 N–H and O–H groups in total. The molecule has 0 aliphatic heterocycles. The highest BCUT2D eigenvalue weighted by molar-refractivity contribution is 5.79. The molecule has 1 aromatic carbocycles. The number of carboxylic acid groups (broad SMARTS) is 1. The smallest absolute Gasteiger partial charge is 0.328 e. The molecule has 0 saturated carbocycles. The van der Waals surface area contributed by atoms with Gasteiger partial charge in [-0.05, 0) is 19.1 Å². The summed E-state index contributed by atoms with van der Waals surface area (Å²) in [5, 5.41) is 11.9. The number of aliphatic carboxylic acids is 1. The van der Waals surface area contributed by atoms with Gasteiger partial charge in [-0.25, -0.2) is 14.8 Å². The van der Waals surface area contributed by atoms with Crippen molar-refractivity contribution in [2.24, 2.45) is 0 Å². The molecule has 0 radical (unpaired) electrons. The van der Waals surface area contributed by atoms with Gasteiger partial charge in [-0.3, -0.25) is 0 Å². The molecule has 1 heterocycles. The number of hydrogen-bond donors (Lipinski definition) is 2. The summed E-state index contributed by atoms with van der Waals surface area (Å²) in [4.78, 5) is 19.9. The lowest BCUT2D eigenvalue weighted by Gasteiger charge is -2.15. The molecule has 1 aromatic heterocycles. The Labute approximate surface area is 110 Å². The number of para-hydroxylation sites is 2. The second kappa shape index (κ2) is 5.62. The van der Waals surface area contributed by atoms with E-state index in [9.17, 15) is 4.79 Å². The van der Waals surface area contributed by atoms with E-state index in [2.05, 4.69) is 15.3 Å². The summed E-state index contributed by atoms with van der Waals surface area (Å²) in [5.41, 5.74) is 2.15. The van der Waals surface area contributed by atoms with Gasteiger partial charge in [0.1, 0.15) is 11.9 Å². The van der Waals surface area contributed by atoms with E-state index in [1.165, 1.54) is 7.11 Å². The van der Waals surface area contributed by atoms with E-state index in [-0.39, 0.29) is 6.61 Å². The molecular weight excluding hydrogens is 246 g/mol. The Morgan fingerprint density at radius 2 is 2.00 bits per heavy atom. The molecular formula is C13H15N3O3. The van der Waals surface area contributed by atoms with Gasteiger partial charge in [0.25, 0.3) is 0 Å². The summed E-state index contributed by atoms with van der Waals surface area (Å²) >= 11 is 0. The Bertz CT molecular complexity index is 601. The van der Waals surface area contributed by atoms with Crippen LogP contribution >= 0.6 is 0 Å². The molecule has 6 nitrogen and oxygen atoms in total. The summed E-state index contributed by atoms with van der Waals surface area (Å²) < 4.78 is 4.87. The highest BCUT2D eigenvalue weighted by Gasteiger charge is 2.18. The summed E-state index contributed by atoms with van der Waals surface area (Å²) in [7, 11) is 1.45. The lowest BCUT2D eigenvalue weighted by molar-refractivity contribution is -0.139. The van der Waals surface area contributed by atoms with Crippen LogP contribution in [0.1, 0.15) is 5.69 Å². The predicted molar refractivity (Wildman–Crippen MR) is 71.2 cm³/mol. The Morgan fingerprint density at radius 3 is 2.58 bits per heavy atom. The number of carboxylic acids is 1. The third kappa shape index (κ3) is 2.97. The summed E-state index contributed by atoms with van der Waals surface area (Å²) in [6.45, 7) is 1.84. The van der Waals surface area contributed by atoms with Gasteiger partial charge in [0.05, 0.1) is 23.3 Å². The first kappa shape index (κ1) is 13.2. The Balaban J connectivity index is 2.33. The van der Waals surface area contributed by atoms with Crippen molar-refractivity contribution in [3.63, 3.8) is 0 Å². The van der Waals surface area contributed by atoms with Crippen LogP contribution in [0.5, 0.6) is 0 Å². The monoisotopic (exact) mass is 261 g/mol. The van der Waals surface area contributed by atoms with E-state index in [4.69, 9.17) is 9.84 Å². The number of aromatic nitrogens is 2. The molecule has 6 heteroatoms. The van der Waals surface area contributed by atoms with Crippen molar-refractivity contribution in [3.8, 4) is 0 Å². The predicted octanol–water partition coefficient (Wildman–Crippen LogP) is 1.45. The largest absolute Gasteiger partial charge is 0.480 e. The second-order valence-corrected chi connectivity index (χ2v) is 4.14. The van der Waals surface area contributed by atoms with Gasteiger partial charge in [0, 0.05) is 7.11 Å². The fourth-order valence-corrected chi connectivity index (χ4v) is 1.73. The van der Waals surface area contributed by atoms with Crippen molar-refractivity contribution < 1.29 is 14.6 Å². The van der Waals surface area contributed by atoms with Crippen LogP contribution in [-0.4, -0.2) is 40.8 Å². The highest BCUT2D eigenvalue weighted by atomic mass is 16.5. The molecule has 0 aliphatic rings. The third-order valence-corrected chi connectivity index (χ3v) is 2.69. The summed E-state index contributed by atoms with van der Waals surface area (Å²) in [6, 6.07) is 6.59. The number of aryl methyl sites for hydroxylation is 1. The fraction of sp³-hybridized carbons (Fsp3) is 0.308. The Kier molecular flexibility index (Phi) is 3.91. The average molecular weight is 261 g/mol. The van der Waals surface area contributed by atoms with Crippen molar-refractivity contribution in [2.75, 3.05) is 19.0 Å². The average Bonchev–Trinajstić information content (AvgIpc) is 2.38. The van der Waals surface area contributed by atoms with Crippen LogP contribution in [0.15, 0.2) is 24.3 Å². The first-order chi connectivity index (χ1) is 9.11. The molecule has 0 fully saturated rings. The van der Waals surface area contributed by atoms with Gasteiger partial charge < -0.3 is 15.2 Å². The van der Waals surface area contributed by atoms with Gasteiger partial charge in [-0.15, -0.1) is 0 Å². The van der Waals surface area contributed by atoms with Crippen molar-refractivity contribution in [2.45, 2.75) is 13.0 Å². The molecule has 2 aromatic rings. The maximum absolute atomic E-state index is 11.1. The Morgan fingerprint density at radius 1 is 1.37 bits per heavy atom. The number of benzene rings is 1. The fourth-order valence-electron chi connectivity index (χ4n) is 1.73. The highest BCUT2D eigenvalue weighted by Crippen LogP contribution is 2.16. The number of nitrogens with zero attached hydrogens (tertiary/aromatic N) is 2. The quantitative estimate of drug-likeness (QED) is 0.847. The number of nitrogens with one attached hydrogen (secondary N) is 1. The van der Waals surface area contributed by atoms with Crippen molar-refractivity contribution >= 4 is 22.8 Å². The van der Waals surface area contributed by atoms with Crippen molar-refractivity contribution in [3.05, 3.63) is 30.0 Å². The lowest BCUT2D eigenvalue weighted by Crippen LogP contribution is -2.34. The minimum atomic E-state index is -0.990. The first-order valence-electron chi connectivity index (χ1n) is 5.83. The van der Waals surface area contributed by atoms with E-state index in [0.717, 1.165) is 11.0 Å². The zero-order valence-electron chi connectivity index (χ0n) is 10.8. The number of fused-ring (bicyclic) bond motifs is 1. The molecule has 100 valence electrons. The molecule has 1 atom stereocenters. The molecule has 1 unspecified atom stereocenters.